The van der Waals surface area contributed by atoms with E-state index in [1.54, 1.807) is 0 Å². The molecule has 0 atom stereocenters. The second-order valence-corrected chi connectivity index (χ2v) is 25.2. The van der Waals surface area contributed by atoms with Crippen LogP contribution in [0.2, 0.25) is 0 Å². The van der Waals surface area contributed by atoms with E-state index >= 15 is 0 Å². The van der Waals surface area contributed by atoms with Crippen LogP contribution < -0.4 is 9.80 Å². The highest BCUT2D eigenvalue weighted by atomic mass is 15.2. The average molecular weight is 1060 g/mol. The lowest BCUT2D eigenvalue weighted by Gasteiger charge is -2.31. The first-order valence-corrected chi connectivity index (χ1v) is 29.1. The van der Waals surface area contributed by atoms with Gasteiger partial charge in [-0.15, -0.1) is 0 Å². The summed E-state index contributed by atoms with van der Waals surface area (Å²) in [6, 6.07) is 82.8. The summed E-state index contributed by atoms with van der Waals surface area (Å²) in [5.74, 6) is 0. The van der Waals surface area contributed by atoms with Crippen LogP contribution in [0.1, 0.15) is 74.9 Å². The third kappa shape index (κ3) is 7.43. The predicted octanol–water partition coefficient (Wildman–Crippen LogP) is 22.1. The van der Waals surface area contributed by atoms with Gasteiger partial charge in [-0.2, -0.15) is 0 Å². The van der Waals surface area contributed by atoms with E-state index in [0.717, 1.165) is 34.1 Å². The summed E-state index contributed by atoms with van der Waals surface area (Å²) in [6.07, 6.45) is 0. The molecule has 398 valence electrons. The molecule has 0 amide bonds. The standard InChI is InChI=1S/C78H66N4/c1-47-29-33-55(49(3)41-47)61-43-51(77(5,6)7)31-37-67(61)79(53-21-13-11-14-22-53)69-39-35-57-63-45-72-64(46-71(63)81-65-27-19-17-25-59(65)73(69)75(57)81)58-36-40-70(74-60-26-18-20-28-66(60)82(72)76(58)74)80(54-23-15-12-16-24-54)68-38-32-52(78(8,9)10)44-62(68)56-34-30-48(2)42-50(56)4/h11-46H,1-10H3. The van der Waals surface area contributed by atoms with Crippen LogP contribution in [0.3, 0.4) is 0 Å². The van der Waals surface area contributed by atoms with Crippen molar-refractivity contribution in [3.63, 3.8) is 0 Å². The molecule has 0 N–H and O–H groups in total. The average Bonchev–Trinajstić information content (AvgIpc) is 1.82. The van der Waals surface area contributed by atoms with E-state index < -0.39 is 0 Å². The van der Waals surface area contributed by atoms with Crippen molar-refractivity contribution >= 4 is 110 Å². The van der Waals surface area contributed by atoms with Crippen LogP contribution in [0.5, 0.6) is 0 Å². The van der Waals surface area contributed by atoms with E-state index in [0.29, 0.717) is 0 Å². The Morgan fingerprint density at radius 3 is 1.06 bits per heavy atom. The van der Waals surface area contributed by atoms with Crippen LogP contribution in [-0.2, 0) is 10.8 Å². The fraction of sp³-hybridized carbons (Fsp3) is 0.154. The SMILES string of the molecule is Cc1ccc(-c2cc(C(C)(C)C)ccc2N(c2ccccc2)c2ccc3c4cc5c(cc4n4c6ccccc6c2c34)c2ccc(N(c3ccccc3)c3ccc(C(C)(C)C)cc3-c3ccc(C)cc3C)c3c4ccccc4n5c23)c(C)c1. The predicted molar refractivity (Wildman–Crippen MR) is 352 cm³/mol. The molecule has 0 aliphatic heterocycles. The van der Waals surface area contributed by atoms with Crippen molar-refractivity contribution in [2.75, 3.05) is 9.80 Å². The van der Waals surface area contributed by atoms with Gasteiger partial charge in [0, 0.05) is 65.6 Å². The minimum atomic E-state index is -0.0369. The largest absolute Gasteiger partial charge is 0.309 e. The zero-order chi connectivity index (χ0) is 56.1. The van der Waals surface area contributed by atoms with Gasteiger partial charge in [0.05, 0.1) is 55.8 Å². The molecular formula is C78H66N4. The molecular weight excluding hydrogens is 993 g/mol. The number of hydrogen-bond donors (Lipinski definition) is 0. The third-order valence-corrected chi connectivity index (χ3v) is 17.8. The molecule has 0 spiro atoms. The summed E-state index contributed by atoms with van der Waals surface area (Å²) in [5.41, 5.74) is 26.7. The van der Waals surface area contributed by atoms with E-state index in [9.17, 15) is 0 Å². The van der Waals surface area contributed by atoms with Crippen molar-refractivity contribution in [3.05, 3.63) is 252 Å². The Labute approximate surface area is 480 Å². The highest BCUT2D eigenvalue weighted by Gasteiger charge is 2.31. The second-order valence-electron chi connectivity index (χ2n) is 25.2. The molecule has 0 radical (unpaired) electrons. The molecule has 4 heterocycles. The molecule has 0 aliphatic rings. The van der Waals surface area contributed by atoms with Gasteiger partial charge in [0.25, 0.3) is 0 Å². The van der Waals surface area contributed by atoms with Crippen molar-refractivity contribution in [1.82, 2.24) is 8.80 Å². The van der Waals surface area contributed by atoms with Gasteiger partial charge in [-0.05, 0) is 157 Å². The van der Waals surface area contributed by atoms with Crippen molar-refractivity contribution in [1.29, 1.82) is 0 Å². The zero-order valence-corrected chi connectivity index (χ0v) is 48.6. The van der Waals surface area contributed by atoms with Crippen LogP contribution in [0.25, 0.3) is 98.4 Å². The van der Waals surface area contributed by atoms with Crippen LogP contribution in [0, 0.1) is 27.7 Å². The quantitative estimate of drug-likeness (QED) is 0.151. The molecule has 0 aliphatic carbocycles. The monoisotopic (exact) mass is 1060 g/mol. The van der Waals surface area contributed by atoms with Crippen LogP contribution in [-0.4, -0.2) is 8.80 Å². The Morgan fingerprint density at radius 1 is 0.293 bits per heavy atom. The van der Waals surface area contributed by atoms with Crippen LogP contribution in [0.15, 0.2) is 218 Å². The van der Waals surface area contributed by atoms with Gasteiger partial charge in [-0.25, -0.2) is 0 Å². The van der Waals surface area contributed by atoms with Crippen molar-refractivity contribution in [2.24, 2.45) is 0 Å². The summed E-state index contributed by atoms with van der Waals surface area (Å²) < 4.78 is 5.14. The number of aryl methyl sites for hydroxylation is 4. The summed E-state index contributed by atoms with van der Waals surface area (Å²) in [4.78, 5) is 5.05. The van der Waals surface area contributed by atoms with Gasteiger partial charge in [-0.3, -0.25) is 0 Å². The Kier molecular flexibility index (Phi) is 10.9. The normalized spacial score (nSPS) is 12.5. The summed E-state index contributed by atoms with van der Waals surface area (Å²) >= 11 is 0. The van der Waals surface area contributed by atoms with Crippen LogP contribution in [0.4, 0.5) is 34.1 Å². The molecule has 15 aromatic rings. The molecule has 4 aromatic heterocycles. The summed E-state index contributed by atoms with van der Waals surface area (Å²) in [7, 11) is 0. The van der Waals surface area contributed by atoms with E-state index in [4.69, 9.17) is 0 Å². The first-order valence-electron chi connectivity index (χ1n) is 29.1. The molecule has 0 saturated carbocycles. The highest BCUT2D eigenvalue weighted by Crippen LogP contribution is 2.54. The van der Waals surface area contributed by atoms with Crippen molar-refractivity contribution in [3.8, 4) is 22.3 Å². The first-order chi connectivity index (χ1) is 39.6. The number of nitrogens with zero attached hydrogens (tertiary/aromatic N) is 4. The maximum Gasteiger partial charge on any atom is 0.0641 e. The molecule has 4 heteroatoms. The Balaban J connectivity index is 1.00. The molecule has 0 fully saturated rings. The van der Waals surface area contributed by atoms with Gasteiger partial charge in [0.1, 0.15) is 0 Å². The van der Waals surface area contributed by atoms with E-state index in [2.05, 4.69) is 306 Å². The molecule has 15 rings (SSSR count). The molecule has 0 unspecified atom stereocenters. The maximum absolute atomic E-state index is 2.57. The summed E-state index contributed by atoms with van der Waals surface area (Å²) in [5, 5.41) is 9.95. The maximum atomic E-state index is 2.57. The zero-order valence-electron chi connectivity index (χ0n) is 48.6. The Morgan fingerprint density at radius 2 is 0.671 bits per heavy atom. The number of aromatic nitrogens is 2. The number of rotatable bonds is 8. The van der Waals surface area contributed by atoms with Gasteiger partial charge >= 0.3 is 0 Å². The van der Waals surface area contributed by atoms with Crippen molar-refractivity contribution < 1.29 is 0 Å². The van der Waals surface area contributed by atoms with Gasteiger partial charge in [0.15, 0.2) is 0 Å². The number of fused-ring (bicyclic) bond motifs is 12. The molecule has 11 aromatic carbocycles. The lowest BCUT2D eigenvalue weighted by Crippen LogP contribution is -2.15. The highest BCUT2D eigenvalue weighted by molar-refractivity contribution is 6.32. The minimum absolute atomic E-state index is 0.0369. The lowest BCUT2D eigenvalue weighted by atomic mass is 9.84. The second kappa shape index (κ2) is 18.1. The first kappa shape index (κ1) is 49.6. The van der Waals surface area contributed by atoms with Crippen LogP contribution >= 0.6 is 0 Å². The summed E-state index contributed by atoms with van der Waals surface area (Å²) in [6.45, 7) is 22.8. The topological polar surface area (TPSA) is 15.3 Å². The Bertz CT molecular complexity index is 4720. The minimum Gasteiger partial charge on any atom is -0.309 e. The fourth-order valence-corrected chi connectivity index (χ4v) is 13.9. The fourth-order valence-electron chi connectivity index (χ4n) is 13.9. The third-order valence-electron chi connectivity index (χ3n) is 17.8. The number of benzene rings is 11. The van der Waals surface area contributed by atoms with E-state index in [1.165, 1.54) is 132 Å². The van der Waals surface area contributed by atoms with Gasteiger partial charge in [0.2, 0.25) is 0 Å². The molecule has 0 saturated heterocycles. The molecule has 82 heavy (non-hydrogen) atoms. The van der Waals surface area contributed by atoms with E-state index in [-0.39, 0.29) is 10.8 Å². The smallest absolute Gasteiger partial charge is 0.0641 e. The number of hydrogen-bond acceptors (Lipinski definition) is 2. The number of para-hydroxylation sites is 4. The van der Waals surface area contributed by atoms with Gasteiger partial charge in [-0.1, -0.05) is 186 Å². The van der Waals surface area contributed by atoms with E-state index in [1.807, 2.05) is 0 Å². The lowest BCUT2D eigenvalue weighted by molar-refractivity contribution is 0.590. The Hall–Kier alpha value is -9.38. The number of anilines is 6. The van der Waals surface area contributed by atoms with Gasteiger partial charge < -0.3 is 18.6 Å². The van der Waals surface area contributed by atoms with Crippen molar-refractivity contribution in [2.45, 2.75) is 80.1 Å². The molecule has 4 nitrogen and oxygen atoms in total. The molecule has 0 bridgehead atoms.